The van der Waals surface area contributed by atoms with Crippen molar-refractivity contribution in [3.8, 4) is 0 Å². The van der Waals surface area contributed by atoms with E-state index in [2.05, 4.69) is 0 Å². The maximum absolute atomic E-state index is 14.7. The number of thioether (sulfide) groups is 1. The summed E-state index contributed by atoms with van der Waals surface area (Å²) in [6, 6.07) is 16.9. The number of fused-ring (bicyclic) bond motifs is 1. The normalized spacial score (nSPS) is 27.7. The van der Waals surface area contributed by atoms with Gasteiger partial charge in [0, 0.05) is 23.7 Å². The molecule has 1 saturated heterocycles. The number of benzene rings is 2. The summed E-state index contributed by atoms with van der Waals surface area (Å²) in [7, 11) is 0. The molecule has 6 heteroatoms. The molecule has 4 nitrogen and oxygen atoms in total. The van der Waals surface area contributed by atoms with E-state index in [1.165, 1.54) is 17.8 Å². The molecule has 0 unspecified atom stereocenters. The van der Waals surface area contributed by atoms with Gasteiger partial charge in [0.2, 0.25) is 0 Å². The first-order valence-electron chi connectivity index (χ1n) is 9.14. The first kappa shape index (κ1) is 18.5. The molecule has 3 atom stereocenters. The molecule has 142 valence electrons. The minimum atomic E-state index is -0.681. The van der Waals surface area contributed by atoms with Gasteiger partial charge in [0.25, 0.3) is 0 Å². The SMILES string of the molecule is NC1=N[C@@]2(c3ccccc3F)C[C@H](COCc3ccccc3)OC[C@H]2CS1. The van der Waals surface area contributed by atoms with Crippen molar-refractivity contribution in [1.82, 2.24) is 0 Å². The summed E-state index contributed by atoms with van der Waals surface area (Å²) < 4.78 is 26.6. The Labute approximate surface area is 163 Å². The highest BCUT2D eigenvalue weighted by molar-refractivity contribution is 8.13. The number of ether oxygens (including phenoxy) is 2. The Balaban J connectivity index is 1.53. The van der Waals surface area contributed by atoms with E-state index in [9.17, 15) is 4.39 Å². The van der Waals surface area contributed by atoms with Crippen molar-refractivity contribution < 1.29 is 13.9 Å². The average molecular weight is 386 g/mol. The highest BCUT2D eigenvalue weighted by Gasteiger charge is 2.49. The van der Waals surface area contributed by atoms with Gasteiger partial charge >= 0.3 is 0 Å². The third-order valence-corrected chi connectivity index (χ3v) is 6.20. The van der Waals surface area contributed by atoms with Gasteiger partial charge in [-0.05, 0) is 11.6 Å². The zero-order chi connectivity index (χ0) is 18.7. The van der Waals surface area contributed by atoms with Gasteiger partial charge in [-0.2, -0.15) is 0 Å². The predicted octanol–water partition coefficient (Wildman–Crippen LogP) is 3.70. The molecule has 2 aliphatic rings. The Hall–Kier alpha value is -1.89. The van der Waals surface area contributed by atoms with Crippen LogP contribution in [0.3, 0.4) is 0 Å². The molecule has 2 aliphatic heterocycles. The van der Waals surface area contributed by atoms with Crippen LogP contribution in [0, 0.1) is 11.7 Å². The van der Waals surface area contributed by atoms with Crippen LogP contribution in [-0.4, -0.2) is 30.2 Å². The fourth-order valence-corrected chi connectivity index (χ4v) is 4.86. The van der Waals surface area contributed by atoms with Gasteiger partial charge in [-0.3, -0.25) is 4.99 Å². The van der Waals surface area contributed by atoms with Crippen LogP contribution in [0.15, 0.2) is 59.6 Å². The standard InChI is InChI=1S/C21H23FN2O2S/c22-19-9-5-4-8-18(19)21-10-17(13-25-11-15-6-2-1-3-7-15)26-12-16(21)14-27-20(23)24-21/h1-9,16-17H,10-14H2,(H2,23,24)/t16-,17+,21-/m0/s1. The topological polar surface area (TPSA) is 56.8 Å². The Morgan fingerprint density at radius 3 is 2.78 bits per heavy atom. The number of amidine groups is 1. The number of aliphatic imine (C=N–C) groups is 1. The van der Waals surface area contributed by atoms with Crippen molar-refractivity contribution in [2.75, 3.05) is 19.0 Å². The van der Waals surface area contributed by atoms with E-state index in [1.54, 1.807) is 6.07 Å². The van der Waals surface area contributed by atoms with E-state index < -0.39 is 5.54 Å². The Morgan fingerprint density at radius 1 is 1.19 bits per heavy atom. The first-order chi connectivity index (χ1) is 13.2. The minimum Gasteiger partial charge on any atom is -0.379 e. The maximum atomic E-state index is 14.7. The monoisotopic (exact) mass is 386 g/mol. The molecule has 0 radical (unpaired) electrons. The molecule has 0 saturated carbocycles. The lowest BCUT2D eigenvalue weighted by Crippen LogP contribution is -2.50. The molecule has 0 aliphatic carbocycles. The van der Waals surface area contributed by atoms with Gasteiger partial charge in [0.1, 0.15) is 5.82 Å². The lowest BCUT2D eigenvalue weighted by molar-refractivity contribution is -0.0906. The van der Waals surface area contributed by atoms with Crippen molar-refractivity contribution in [2.45, 2.75) is 24.7 Å². The predicted molar refractivity (Wildman–Crippen MR) is 106 cm³/mol. The van der Waals surface area contributed by atoms with Crippen molar-refractivity contribution in [2.24, 2.45) is 16.6 Å². The third-order valence-electron chi connectivity index (χ3n) is 5.25. The molecule has 2 heterocycles. The van der Waals surface area contributed by atoms with Crippen LogP contribution in [0.25, 0.3) is 0 Å². The van der Waals surface area contributed by atoms with E-state index >= 15 is 0 Å². The summed E-state index contributed by atoms with van der Waals surface area (Å²) in [5.41, 5.74) is 7.10. The molecule has 2 N–H and O–H groups in total. The summed E-state index contributed by atoms with van der Waals surface area (Å²) in [6.07, 6.45) is 0.415. The van der Waals surface area contributed by atoms with Gasteiger partial charge in [-0.15, -0.1) is 0 Å². The van der Waals surface area contributed by atoms with Gasteiger partial charge in [0.05, 0.1) is 31.5 Å². The van der Waals surface area contributed by atoms with Crippen molar-refractivity contribution in [1.29, 1.82) is 0 Å². The quantitative estimate of drug-likeness (QED) is 0.851. The summed E-state index contributed by atoms with van der Waals surface area (Å²) in [5.74, 6) is 0.634. The number of hydrogen-bond donors (Lipinski definition) is 1. The second-order valence-corrected chi connectivity index (χ2v) is 8.06. The zero-order valence-corrected chi connectivity index (χ0v) is 15.8. The number of nitrogens with zero attached hydrogens (tertiary/aromatic N) is 1. The molecular weight excluding hydrogens is 363 g/mol. The van der Waals surface area contributed by atoms with Gasteiger partial charge in [-0.1, -0.05) is 60.3 Å². The van der Waals surface area contributed by atoms with Crippen LogP contribution < -0.4 is 5.73 Å². The molecule has 0 aromatic heterocycles. The fourth-order valence-electron chi connectivity index (χ4n) is 3.89. The maximum Gasteiger partial charge on any atom is 0.154 e. The lowest BCUT2D eigenvalue weighted by Gasteiger charge is -2.46. The largest absolute Gasteiger partial charge is 0.379 e. The van der Waals surface area contributed by atoms with E-state index in [-0.39, 0.29) is 17.8 Å². The second kappa shape index (κ2) is 8.00. The van der Waals surface area contributed by atoms with E-state index in [1.807, 2.05) is 42.5 Å². The highest BCUT2D eigenvalue weighted by atomic mass is 32.2. The molecule has 0 bridgehead atoms. The molecular formula is C21H23FN2O2S. The van der Waals surface area contributed by atoms with E-state index in [4.69, 9.17) is 20.2 Å². The molecule has 2 aromatic carbocycles. The summed E-state index contributed by atoms with van der Waals surface area (Å²) in [4.78, 5) is 4.77. The van der Waals surface area contributed by atoms with Crippen LogP contribution in [0.1, 0.15) is 17.5 Å². The number of rotatable bonds is 5. The van der Waals surface area contributed by atoms with Crippen LogP contribution in [-0.2, 0) is 21.6 Å². The molecule has 0 amide bonds. The lowest BCUT2D eigenvalue weighted by atomic mass is 9.73. The zero-order valence-electron chi connectivity index (χ0n) is 15.0. The van der Waals surface area contributed by atoms with Crippen molar-refractivity contribution in [3.05, 3.63) is 71.5 Å². The van der Waals surface area contributed by atoms with Crippen LogP contribution in [0.4, 0.5) is 4.39 Å². The second-order valence-electron chi connectivity index (χ2n) is 7.02. The number of nitrogens with two attached hydrogens (primary N) is 1. The Kier molecular flexibility index (Phi) is 5.48. The number of hydrogen-bond acceptors (Lipinski definition) is 5. The van der Waals surface area contributed by atoms with Crippen LogP contribution in [0.2, 0.25) is 0 Å². The minimum absolute atomic E-state index is 0.0945. The first-order valence-corrected chi connectivity index (χ1v) is 10.1. The van der Waals surface area contributed by atoms with Crippen LogP contribution in [0.5, 0.6) is 0 Å². The molecule has 27 heavy (non-hydrogen) atoms. The smallest absolute Gasteiger partial charge is 0.154 e. The molecule has 0 spiro atoms. The van der Waals surface area contributed by atoms with Gasteiger partial charge in [-0.25, -0.2) is 4.39 Å². The third kappa shape index (κ3) is 3.88. The highest BCUT2D eigenvalue weighted by Crippen LogP contribution is 2.47. The van der Waals surface area contributed by atoms with Gasteiger partial charge < -0.3 is 15.2 Å². The average Bonchev–Trinajstić information content (AvgIpc) is 2.68. The summed E-state index contributed by atoms with van der Waals surface area (Å²) in [5, 5.41) is 0.514. The van der Waals surface area contributed by atoms with E-state index in [0.29, 0.717) is 37.0 Å². The van der Waals surface area contributed by atoms with Crippen LogP contribution >= 0.6 is 11.8 Å². The Morgan fingerprint density at radius 2 is 1.96 bits per heavy atom. The summed E-state index contributed by atoms with van der Waals surface area (Å²) in [6.45, 7) is 1.50. The number of halogens is 1. The van der Waals surface area contributed by atoms with Gasteiger partial charge in [0.15, 0.2) is 5.17 Å². The fraction of sp³-hybridized carbons (Fsp3) is 0.381. The van der Waals surface area contributed by atoms with E-state index in [0.717, 1.165) is 11.3 Å². The Bertz CT molecular complexity index is 817. The molecule has 4 rings (SSSR count). The molecule has 1 fully saturated rings. The van der Waals surface area contributed by atoms with Crippen molar-refractivity contribution in [3.63, 3.8) is 0 Å². The van der Waals surface area contributed by atoms with Crippen molar-refractivity contribution >= 4 is 16.9 Å². The summed E-state index contributed by atoms with van der Waals surface area (Å²) >= 11 is 1.51. The molecule has 2 aromatic rings.